The Balaban J connectivity index is 1.74. The van der Waals surface area contributed by atoms with Gasteiger partial charge in [0, 0.05) is 15.5 Å². The molecular weight excluding hydrogens is 412 g/mol. The molecule has 7 heteroatoms. The van der Waals surface area contributed by atoms with Crippen molar-refractivity contribution in [2.75, 3.05) is 5.75 Å². The average Bonchev–Trinajstić information content (AvgIpc) is 3.08. The molecule has 0 unspecified atom stereocenters. The van der Waals surface area contributed by atoms with E-state index in [4.69, 9.17) is 11.6 Å². The average molecular weight is 427 g/mol. The number of nitrogens with zero attached hydrogens (tertiary/aromatic N) is 2. The molecule has 28 heavy (non-hydrogen) atoms. The molecule has 0 amide bonds. The molecule has 2 heterocycles. The highest BCUT2D eigenvalue weighted by Gasteiger charge is 2.17. The van der Waals surface area contributed by atoms with Crippen LogP contribution in [0.5, 0.6) is 0 Å². The Morgan fingerprint density at radius 3 is 2.57 bits per heavy atom. The number of carbonyl (C=O) groups is 1. The number of rotatable bonds is 5. The Kier molecular flexibility index (Phi) is 5.35. The minimum absolute atomic E-state index is 0.0435. The van der Waals surface area contributed by atoms with E-state index in [-0.39, 0.29) is 17.1 Å². The van der Waals surface area contributed by atoms with Crippen molar-refractivity contribution in [1.82, 2.24) is 9.55 Å². The second-order valence-corrected chi connectivity index (χ2v) is 8.78. The maximum Gasteiger partial charge on any atom is 0.267 e. The lowest BCUT2D eigenvalue weighted by atomic mass is 10.1. The Bertz CT molecular complexity index is 1220. The van der Waals surface area contributed by atoms with Crippen molar-refractivity contribution in [2.45, 2.75) is 12.1 Å². The standard InChI is InChI=1S/C21H15ClN2O2S2/c1-13-11-17-19(28-13)23-21(24(20(17)26)16-5-3-2-4-6-16)27-12-18(25)14-7-9-15(22)10-8-14/h2-11H,12H2,1H3. The van der Waals surface area contributed by atoms with Crippen LogP contribution in [-0.4, -0.2) is 21.1 Å². The lowest BCUT2D eigenvalue weighted by Gasteiger charge is -2.11. The van der Waals surface area contributed by atoms with E-state index in [9.17, 15) is 9.59 Å². The quantitative estimate of drug-likeness (QED) is 0.244. The largest absolute Gasteiger partial charge is 0.293 e. The van der Waals surface area contributed by atoms with Crippen molar-refractivity contribution >= 4 is 50.7 Å². The zero-order valence-electron chi connectivity index (χ0n) is 14.9. The van der Waals surface area contributed by atoms with Crippen molar-refractivity contribution < 1.29 is 4.79 Å². The lowest BCUT2D eigenvalue weighted by molar-refractivity contribution is 0.102. The number of carbonyl (C=O) groups excluding carboxylic acids is 1. The van der Waals surface area contributed by atoms with Gasteiger partial charge in [-0.25, -0.2) is 4.98 Å². The van der Waals surface area contributed by atoms with Gasteiger partial charge in [-0.15, -0.1) is 11.3 Å². The van der Waals surface area contributed by atoms with E-state index < -0.39 is 0 Å². The summed E-state index contributed by atoms with van der Waals surface area (Å²) in [4.78, 5) is 32.1. The topological polar surface area (TPSA) is 52.0 Å². The van der Waals surface area contributed by atoms with Crippen molar-refractivity contribution in [1.29, 1.82) is 0 Å². The lowest BCUT2D eigenvalue weighted by Crippen LogP contribution is -2.21. The molecule has 0 saturated heterocycles. The van der Waals surface area contributed by atoms with Gasteiger partial charge in [0.2, 0.25) is 0 Å². The first-order valence-electron chi connectivity index (χ1n) is 8.53. The van der Waals surface area contributed by atoms with Gasteiger partial charge < -0.3 is 0 Å². The molecule has 0 aliphatic carbocycles. The SMILES string of the molecule is Cc1cc2c(=O)n(-c3ccccc3)c(SCC(=O)c3ccc(Cl)cc3)nc2s1. The highest BCUT2D eigenvalue weighted by molar-refractivity contribution is 7.99. The second kappa shape index (κ2) is 7.91. The predicted octanol–water partition coefficient (Wildman–Crippen LogP) is 5.38. The van der Waals surface area contributed by atoms with Gasteiger partial charge in [0.15, 0.2) is 10.9 Å². The summed E-state index contributed by atoms with van der Waals surface area (Å²) in [5.41, 5.74) is 1.19. The highest BCUT2D eigenvalue weighted by Crippen LogP contribution is 2.26. The summed E-state index contributed by atoms with van der Waals surface area (Å²) in [7, 11) is 0. The Morgan fingerprint density at radius 2 is 1.86 bits per heavy atom. The second-order valence-electron chi connectivity index (χ2n) is 6.17. The monoisotopic (exact) mass is 426 g/mol. The van der Waals surface area contributed by atoms with E-state index in [0.717, 1.165) is 10.6 Å². The Morgan fingerprint density at radius 1 is 1.14 bits per heavy atom. The van der Waals surface area contributed by atoms with Crippen LogP contribution >= 0.6 is 34.7 Å². The van der Waals surface area contributed by atoms with Crippen LogP contribution in [0.3, 0.4) is 0 Å². The first kappa shape index (κ1) is 18.9. The molecule has 4 rings (SSSR count). The number of para-hydroxylation sites is 1. The van der Waals surface area contributed by atoms with Gasteiger partial charge in [0.1, 0.15) is 4.83 Å². The molecule has 0 aliphatic rings. The van der Waals surface area contributed by atoms with Gasteiger partial charge >= 0.3 is 0 Å². The predicted molar refractivity (Wildman–Crippen MR) is 116 cm³/mol. The smallest absolute Gasteiger partial charge is 0.267 e. The summed E-state index contributed by atoms with van der Waals surface area (Å²) in [5.74, 6) is 0.134. The molecule has 0 spiro atoms. The fraction of sp³-hybridized carbons (Fsp3) is 0.0952. The van der Waals surface area contributed by atoms with Crippen LogP contribution in [0.4, 0.5) is 0 Å². The highest BCUT2D eigenvalue weighted by atomic mass is 35.5. The number of fused-ring (bicyclic) bond motifs is 1. The van der Waals surface area contributed by atoms with Crippen LogP contribution in [0.25, 0.3) is 15.9 Å². The van der Waals surface area contributed by atoms with E-state index in [1.165, 1.54) is 23.1 Å². The Labute approximate surface area is 174 Å². The number of benzene rings is 2. The molecule has 2 aromatic carbocycles. The number of hydrogen-bond acceptors (Lipinski definition) is 5. The third kappa shape index (κ3) is 3.76. The zero-order chi connectivity index (χ0) is 19.7. The van der Waals surface area contributed by atoms with Gasteiger partial charge in [0.25, 0.3) is 5.56 Å². The minimum atomic E-state index is -0.123. The molecule has 0 radical (unpaired) electrons. The number of thiophene rings is 1. The molecule has 0 atom stereocenters. The van der Waals surface area contributed by atoms with Gasteiger partial charge in [0.05, 0.1) is 16.8 Å². The van der Waals surface area contributed by atoms with E-state index >= 15 is 0 Å². The number of hydrogen-bond donors (Lipinski definition) is 0. The summed E-state index contributed by atoms with van der Waals surface area (Å²) in [5, 5.41) is 1.69. The normalized spacial score (nSPS) is 11.1. The number of halogens is 1. The molecular formula is C21H15ClN2O2S2. The first-order chi connectivity index (χ1) is 13.5. The zero-order valence-corrected chi connectivity index (χ0v) is 17.3. The number of aryl methyl sites for hydroxylation is 1. The molecule has 0 bridgehead atoms. The van der Waals surface area contributed by atoms with Crippen molar-refractivity contribution in [3.63, 3.8) is 0 Å². The fourth-order valence-electron chi connectivity index (χ4n) is 2.83. The van der Waals surface area contributed by atoms with E-state index in [2.05, 4.69) is 4.98 Å². The third-order valence-electron chi connectivity index (χ3n) is 4.17. The third-order valence-corrected chi connectivity index (χ3v) is 6.31. The maximum absolute atomic E-state index is 13.1. The van der Waals surface area contributed by atoms with Gasteiger partial charge in [-0.05, 0) is 49.4 Å². The van der Waals surface area contributed by atoms with Crippen molar-refractivity contribution in [3.8, 4) is 5.69 Å². The van der Waals surface area contributed by atoms with E-state index in [1.807, 2.05) is 43.3 Å². The summed E-state index contributed by atoms with van der Waals surface area (Å²) < 4.78 is 1.58. The number of Topliss-reactive ketones (excluding diaryl/α,β-unsaturated/α-hetero) is 1. The van der Waals surface area contributed by atoms with Crippen molar-refractivity contribution in [2.24, 2.45) is 0 Å². The summed E-state index contributed by atoms with van der Waals surface area (Å²) >= 11 is 8.63. The number of thioether (sulfide) groups is 1. The summed E-state index contributed by atoms with van der Waals surface area (Å²) in [6.07, 6.45) is 0. The van der Waals surface area contributed by atoms with Crippen LogP contribution in [0.1, 0.15) is 15.2 Å². The van der Waals surface area contributed by atoms with Gasteiger partial charge in [-0.3, -0.25) is 14.2 Å². The molecule has 4 nitrogen and oxygen atoms in total. The summed E-state index contributed by atoms with van der Waals surface area (Å²) in [6, 6.07) is 18.0. The van der Waals surface area contributed by atoms with Crippen LogP contribution < -0.4 is 5.56 Å². The Hall–Kier alpha value is -2.41. The van der Waals surface area contributed by atoms with E-state index in [0.29, 0.717) is 26.0 Å². The number of aromatic nitrogens is 2. The molecule has 0 saturated carbocycles. The van der Waals surface area contributed by atoms with E-state index in [1.54, 1.807) is 28.8 Å². The summed E-state index contributed by atoms with van der Waals surface area (Å²) in [6.45, 7) is 1.95. The molecule has 140 valence electrons. The van der Waals surface area contributed by atoms with Gasteiger partial charge in [-0.2, -0.15) is 0 Å². The number of ketones is 1. The van der Waals surface area contributed by atoms with Gasteiger partial charge in [-0.1, -0.05) is 41.6 Å². The first-order valence-corrected chi connectivity index (χ1v) is 10.7. The maximum atomic E-state index is 13.1. The fourth-order valence-corrected chi connectivity index (χ4v) is 4.79. The van der Waals surface area contributed by atoms with Crippen LogP contribution in [0.2, 0.25) is 5.02 Å². The molecule has 0 aliphatic heterocycles. The minimum Gasteiger partial charge on any atom is -0.293 e. The molecule has 2 aromatic heterocycles. The van der Waals surface area contributed by atoms with Crippen LogP contribution in [-0.2, 0) is 0 Å². The van der Waals surface area contributed by atoms with Crippen LogP contribution in [0.15, 0.2) is 70.6 Å². The van der Waals surface area contributed by atoms with Crippen molar-refractivity contribution in [3.05, 3.63) is 86.5 Å². The van der Waals surface area contributed by atoms with Crippen LogP contribution in [0, 0.1) is 6.92 Å². The molecule has 0 fully saturated rings. The molecule has 4 aromatic rings. The molecule has 0 N–H and O–H groups in total.